The molecule has 0 aromatic heterocycles. The Morgan fingerprint density at radius 2 is 2.19 bits per heavy atom. The third kappa shape index (κ3) is 3.89. The molecule has 3 heteroatoms. The molecule has 0 N–H and O–H groups in total. The van der Waals surface area contributed by atoms with Crippen LogP contribution in [0.2, 0.25) is 0 Å². The molecule has 0 saturated heterocycles. The molecule has 16 heavy (non-hydrogen) atoms. The lowest BCUT2D eigenvalue weighted by Gasteiger charge is -2.28. The molecule has 0 aromatic carbocycles. The third-order valence-corrected chi connectivity index (χ3v) is 2.77. The van der Waals surface area contributed by atoms with Gasteiger partial charge in [0.15, 0.2) is 0 Å². The van der Waals surface area contributed by atoms with Crippen LogP contribution in [-0.4, -0.2) is 30.6 Å². The van der Waals surface area contributed by atoms with Crippen LogP contribution in [0.5, 0.6) is 0 Å². The van der Waals surface area contributed by atoms with Gasteiger partial charge in [-0.1, -0.05) is 26.0 Å². The molecule has 1 unspecified atom stereocenters. The first-order valence-corrected chi connectivity index (χ1v) is 6.31. The van der Waals surface area contributed by atoms with Gasteiger partial charge in [0.25, 0.3) is 0 Å². The lowest BCUT2D eigenvalue weighted by Crippen LogP contribution is -2.34. The van der Waals surface area contributed by atoms with E-state index in [1.165, 1.54) is 13.0 Å². The van der Waals surface area contributed by atoms with Crippen molar-refractivity contribution in [1.82, 2.24) is 4.90 Å². The SMILES string of the molecule is CCCN(CC)C1C=CC(N=NCC)=CC1. The molecule has 0 aliphatic heterocycles. The van der Waals surface area contributed by atoms with E-state index in [9.17, 15) is 0 Å². The Morgan fingerprint density at radius 1 is 1.38 bits per heavy atom. The monoisotopic (exact) mass is 221 g/mol. The molecule has 0 saturated carbocycles. The molecule has 1 atom stereocenters. The molecular weight excluding hydrogens is 198 g/mol. The van der Waals surface area contributed by atoms with E-state index in [-0.39, 0.29) is 0 Å². The average Bonchev–Trinajstić information content (AvgIpc) is 2.34. The Balaban J connectivity index is 2.50. The number of hydrogen-bond acceptors (Lipinski definition) is 3. The van der Waals surface area contributed by atoms with Crippen molar-refractivity contribution in [3.05, 3.63) is 23.9 Å². The van der Waals surface area contributed by atoms with Crippen LogP contribution in [0.4, 0.5) is 0 Å². The van der Waals surface area contributed by atoms with Crippen LogP contribution < -0.4 is 0 Å². The minimum Gasteiger partial charge on any atom is -0.297 e. The molecule has 0 aromatic rings. The van der Waals surface area contributed by atoms with E-state index in [0.717, 1.165) is 25.2 Å². The molecule has 1 rings (SSSR count). The first-order chi connectivity index (χ1) is 7.81. The van der Waals surface area contributed by atoms with Crippen molar-refractivity contribution in [1.29, 1.82) is 0 Å². The Kier molecular flexibility index (Phi) is 6.01. The van der Waals surface area contributed by atoms with Gasteiger partial charge in [-0.15, -0.1) is 0 Å². The van der Waals surface area contributed by atoms with E-state index < -0.39 is 0 Å². The maximum absolute atomic E-state index is 4.15. The lowest BCUT2D eigenvalue weighted by molar-refractivity contribution is 0.241. The Hall–Kier alpha value is -0.960. The molecule has 0 radical (unpaired) electrons. The second-order valence-corrected chi connectivity index (χ2v) is 3.98. The number of azo groups is 1. The van der Waals surface area contributed by atoms with E-state index in [1.54, 1.807) is 0 Å². The van der Waals surface area contributed by atoms with Gasteiger partial charge in [0, 0.05) is 6.04 Å². The fourth-order valence-electron chi connectivity index (χ4n) is 1.94. The molecule has 0 heterocycles. The quantitative estimate of drug-likeness (QED) is 0.632. The third-order valence-electron chi connectivity index (χ3n) is 2.77. The maximum Gasteiger partial charge on any atom is 0.0810 e. The minimum atomic E-state index is 0.547. The van der Waals surface area contributed by atoms with Crippen LogP contribution in [0.15, 0.2) is 34.2 Å². The largest absolute Gasteiger partial charge is 0.297 e. The Morgan fingerprint density at radius 3 is 2.69 bits per heavy atom. The zero-order valence-corrected chi connectivity index (χ0v) is 10.7. The van der Waals surface area contributed by atoms with Gasteiger partial charge >= 0.3 is 0 Å². The van der Waals surface area contributed by atoms with Crippen molar-refractivity contribution >= 4 is 0 Å². The predicted molar refractivity (Wildman–Crippen MR) is 68.6 cm³/mol. The first-order valence-electron chi connectivity index (χ1n) is 6.31. The number of nitrogens with zero attached hydrogens (tertiary/aromatic N) is 3. The average molecular weight is 221 g/mol. The second kappa shape index (κ2) is 7.34. The summed E-state index contributed by atoms with van der Waals surface area (Å²) in [6, 6.07) is 0.547. The minimum absolute atomic E-state index is 0.547. The molecule has 1 aliphatic rings. The Labute approximate surface area is 98.9 Å². The van der Waals surface area contributed by atoms with Gasteiger partial charge in [-0.05, 0) is 38.9 Å². The number of likely N-dealkylation sites (N-methyl/N-ethyl adjacent to an activating group) is 1. The predicted octanol–water partition coefficient (Wildman–Crippen LogP) is 3.40. The van der Waals surface area contributed by atoms with E-state index in [0.29, 0.717) is 6.04 Å². The standard InChI is InChI=1S/C13H23N3/c1-4-11-16(6-3)13-9-7-12(8-10-13)15-14-5-2/h7-9,13H,4-6,10-11H2,1-3H3. The van der Waals surface area contributed by atoms with Crippen molar-refractivity contribution in [2.75, 3.05) is 19.6 Å². The second-order valence-electron chi connectivity index (χ2n) is 3.98. The lowest BCUT2D eigenvalue weighted by atomic mass is 10.1. The molecular formula is C13H23N3. The van der Waals surface area contributed by atoms with E-state index >= 15 is 0 Å². The molecule has 0 fully saturated rings. The maximum atomic E-state index is 4.15. The summed E-state index contributed by atoms with van der Waals surface area (Å²) in [5.74, 6) is 0. The van der Waals surface area contributed by atoms with Crippen molar-refractivity contribution in [3.8, 4) is 0 Å². The van der Waals surface area contributed by atoms with E-state index in [2.05, 4.69) is 47.2 Å². The zero-order chi connectivity index (χ0) is 11.8. The first kappa shape index (κ1) is 13.1. The topological polar surface area (TPSA) is 28.0 Å². The summed E-state index contributed by atoms with van der Waals surface area (Å²) in [4.78, 5) is 2.50. The number of hydrogen-bond donors (Lipinski definition) is 0. The van der Waals surface area contributed by atoms with Gasteiger partial charge in [-0.2, -0.15) is 10.2 Å². The molecule has 1 aliphatic carbocycles. The molecule has 3 nitrogen and oxygen atoms in total. The Bertz CT molecular complexity index is 279. The van der Waals surface area contributed by atoms with Gasteiger partial charge in [0.05, 0.1) is 12.2 Å². The summed E-state index contributed by atoms with van der Waals surface area (Å²) in [6.07, 6.45) is 8.80. The van der Waals surface area contributed by atoms with E-state index in [1.807, 2.05) is 6.92 Å². The van der Waals surface area contributed by atoms with Crippen LogP contribution in [0, 0.1) is 0 Å². The van der Waals surface area contributed by atoms with Crippen molar-refractivity contribution in [3.63, 3.8) is 0 Å². The normalized spacial score (nSPS) is 20.8. The summed E-state index contributed by atoms with van der Waals surface area (Å²) in [5.41, 5.74) is 1.01. The molecule has 0 bridgehead atoms. The highest BCUT2D eigenvalue weighted by molar-refractivity contribution is 5.23. The fourth-order valence-corrected chi connectivity index (χ4v) is 1.94. The van der Waals surface area contributed by atoms with Crippen LogP contribution in [0.25, 0.3) is 0 Å². The summed E-state index contributed by atoms with van der Waals surface area (Å²) in [6.45, 7) is 9.49. The van der Waals surface area contributed by atoms with Gasteiger partial charge in [-0.25, -0.2) is 0 Å². The zero-order valence-electron chi connectivity index (χ0n) is 10.7. The van der Waals surface area contributed by atoms with E-state index in [4.69, 9.17) is 0 Å². The van der Waals surface area contributed by atoms with Gasteiger partial charge in [0.2, 0.25) is 0 Å². The van der Waals surface area contributed by atoms with Gasteiger partial charge < -0.3 is 0 Å². The van der Waals surface area contributed by atoms with Gasteiger partial charge in [0.1, 0.15) is 0 Å². The van der Waals surface area contributed by atoms with Crippen LogP contribution >= 0.6 is 0 Å². The highest BCUT2D eigenvalue weighted by atomic mass is 15.1. The highest BCUT2D eigenvalue weighted by Crippen LogP contribution is 2.17. The van der Waals surface area contributed by atoms with Crippen molar-refractivity contribution in [2.45, 2.75) is 39.7 Å². The summed E-state index contributed by atoms with van der Waals surface area (Å²) >= 11 is 0. The van der Waals surface area contributed by atoms with Crippen LogP contribution in [0.1, 0.15) is 33.6 Å². The van der Waals surface area contributed by atoms with Gasteiger partial charge in [-0.3, -0.25) is 4.90 Å². The number of rotatable bonds is 6. The van der Waals surface area contributed by atoms with Crippen LogP contribution in [-0.2, 0) is 0 Å². The summed E-state index contributed by atoms with van der Waals surface area (Å²) in [7, 11) is 0. The fraction of sp³-hybridized carbons (Fsp3) is 0.692. The van der Waals surface area contributed by atoms with Crippen LogP contribution in [0.3, 0.4) is 0 Å². The molecule has 90 valence electrons. The van der Waals surface area contributed by atoms with Crippen molar-refractivity contribution < 1.29 is 0 Å². The molecule has 0 amide bonds. The summed E-state index contributed by atoms with van der Waals surface area (Å²) in [5, 5.41) is 8.16. The number of allylic oxidation sites excluding steroid dienone is 1. The highest BCUT2D eigenvalue weighted by Gasteiger charge is 2.14. The smallest absolute Gasteiger partial charge is 0.0810 e. The molecule has 0 spiro atoms. The van der Waals surface area contributed by atoms with Crippen molar-refractivity contribution in [2.24, 2.45) is 10.2 Å². The summed E-state index contributed by atoms with van der Waals surface area (Å²) < 4.78 is 0.